The number of hydrogen-bond acceptors (Lipinski definition) is 6. The van der Waals surface area contributed by atoms with Crippen LogP contribution in [0.4, 0.5) is 0 Å². The van der Waals surface area contributed by atoms with Crippen LogP contribution in [0.5, 0.6) is 0 Å². The van der Waals surface area contributed by atoms with Gasteiger partial charge >= 0.3 is 11.9 Å². The Balaban J connectivity index is 1.93. The average molecular weight is 392 g/mol. The molecule has 1 N–H and O–H groups in total. The van der Waals surface area contributed by atoms with Crippen LogP contribution in [-0.2, 0) is 23.8 Å². The van der Waals surface area contributed by atoms with Crippen LogP contribution in [0.2, 0.25) is 0 Å². The molecule has 0 amide bonds. The highest BCUT2D eigenvalue weighted by Gasteiger charge is 2.50. The molecule has 3 fully saturated rings. The highest BCUT2D eigenvalue weighted by Crippen LogP contribution is 2.43. The fraction of sp³-hybridized carbons (Fsp3) is 0.727. The van der Waals surface area contributed by atoms with Crippen molar-refractivity contribution in [2.24, 2.45) is 11.8 Å². The first kappa shape index (κ1) is 21.1. The van der Waals surface area contributed by atoms with E-state index in [1.54, 1.807) is 0 Å². The van der Waals surface area contributed by atoms with Crippen LogP contribution in [0.3, 0.4) is 0 Å². The van der Waals surface area contributed by atoms with Crippen LogP contribution in [0, 0.1) is 11.8 Å². The third-order valence-corrected chi connectivity index (χ3v) is 6.65. The molecule has 3 heterocycles. The minimum Gasteiger partial charge on any atom is -0.458 e. The minimum absolute atomic E-state index is 0.00510. The van der Waals surface area contributed by atoms with Gasteiger partial charge in [-0.3, -0.25) is 4.79 Å². The van der Waals surface area contributed by atoms with Crippen LogP contribution < -0.4 is 0 Å². The lowest BCUT2D eigenvalue weighted by Crippen LogP contribution is -2.45. The summed E-state index contributed by atoms with van der Waals surface area (Å²) in [6, 6.07) is 0. The summed E-state index contributed by atoms with van der Waals surface area (Å²) in [4.78, 5) is 24.0. The zero-order chi connectivity index (χ0) is 20.6. The number of rotatable bonds is 1. The van der Waals surface area contributed by atoms with Gasteiger partial charge < -0.3 is 19.3 Å². The van der Waals surface area contributed by atoms with Gasteiger partial charge in [0.25, 0.3) is 0 Å². The van der Waals surface area contributed by atoms with E-state index in [9.17, 15) is 14.7 Å². The SMILES string of the molecule is C=C1CCC[C@H](C)[C@@H](OC(C)=O)[C@@H]2OC(=O)C(=C)[C@@H]2C[C@@H](O)[C@]2(C)CC[C@H]1O2. The van der Waals surface area contributed by atoms with E-state index in [4.69, 9.17) is 14.2 Å². The molecule has 3 saturated heterocycles. The third kappa shape index (κ3) is 4.03. The smallest absolute Gasteiger partial charge is 0.334 e. The second-order valence-electron chi connectivity index (χ2n) is 8.81. The zero-order valence-electron chi connectivity index (χ0n) is 17.1. The van der Waals surface area contributed by atoms with E-state index in [1.807, 2.05) is 13.8 Å². The van der Waals surface area contributed by atoms with Gasteiger partial charge in [-0.2, -0.15) is 0 Å². The van der Waals surface area contributed by atoms with Crippen molar-refractivity contribution in [3.63, 3.8) is 0 Å². The fourth-order valence-corrected chi connectivity index (χ4v) is 4.76. The number of esters is 2. The molecule has 6 heteroatoms. The normalized spacial score (nSPS) is 42.1. The Labute approximate surface area is 166 Å². The monoisotopic (exact) mass is 392 g/mol. The maximum absolute atomic E-state index is 12.3. The van der Waals surface area contributed by atoms with Crippen molar-refractivity contribution < 1.29 is 28.9 Å². The first-order valence-electron chi connectivity index (χ1n) is 10.2. The minimum atomic E-state index is -0.793. The Morgan fingerprint density at radius 3 is 2.71 bits per heavy atom. The van der Waals surface area contributed by atoms with Crippen LogP contribution in [0.15, 0.2) is 24.3 Å². The molecule has 2 bridgehead atoms. The predicted molar refractivity (Wildman–Crippen MR) is 103 cm³/mol. The number of carbonyl (C=O) groups excluding carboxylic acids is 2. The molecule has 28 heavy (non-hydrogen) atoms. The number of hydrogen-bond donors (Lipinski definition) is 1. The second kappa shape index (κ2) is 7.99. The van der Waals surface area contributed by atoms with E-state index in [1.165, 1.54) is 6.92 Å². The maximum atomic E-state index is 12.3. The van der Waals surface area contributed by atoms with Crippen molar-refractivity contribution in [2.75, 3.05) is 0 Å². The van der Waals surface area contributed by atoms with Crippen molar-refractivity contribution in [1.29, 1.82) is 0 Å². The van der Waals surface area contributed by atoms with Gasteiger partial charge in [-0.25, -0.2) is 4.79 Å². The van der Waals surface area contributed by atoms with Gasteiger partial charge in [-0.15, -0.1) is 0 Å². The van der Waals surface area contributed by atoms with Gasteiger partial charge in [0.1, 0.15) is 12.2 Å². The van der Waals surface area contributed by atoms with Crippen LogP contribution in [-0.4, -0.2) is 47.1 Å². The standard InChI is InChI=1S/C22H32O6/c1-12-7-6-8-13(2)19(26-15(4)23)20-16(14(3)21(25)27-20)11-18(24)22(5)10-9-17(12)28-22/h13,16-20,24H,1,3,6-11H2,2,4-5H3/t13-,16-,17+,18+,19+,20+,22-/m0/s1. The van der Waals surface area contributed by atoms with Crippen LogP contribution in [0.1, 0.15) is 59.3 Å². The number of aliphatic hydroxyl groups excluding tert-OH is 1. The highest BCUT2D eigenvalue weighted by molar-refractivity contribution is 5.91. The molecule has 0 spiro atoms. The van der Waals surface area contributed by atoms with E-state index >= 15 is 0 Å². The first-order chi connectivity index (χ1) is 13.1. The first-order valence-corrected chi connectivity index (χ1v) is 10.2. The maximum Gasteiger partial charge on any atom is 0.334 e. The summed E-state index contributed by atoms with van der Waals surface area (Å²) < 4.78 is 17.4. The molecule has 0 unspecified atom stereocenters. The van der Waals surface area contributed by atoms with Crippen molar-refractivity contribution in [3.05, 3.63) is 24.3 Å². The van der Waals surface area contributed by atoms with E-state index in [0.717, 1.165) is 37.7 Å². The zero-order valence-corrected chi connectivity index (χ0v) is 17.1. The summed E-state index contributed by atoms with van der Waals surface area (Å²) >= 11 is 0. The molecule has 0 aromatic heterocycles. The van der Waals surface area contributed by atoms with Crippen molar-refractivity contribution >= 4 is 11.9 Å². The van der Waals surface area contributed by atoms with E-state index in [2.05, 4.69) is 13.2 Å². The molecule has 156 valence electrons. The summed E-state index contributed by atoms with van der Waals surface area (Å²) in [7, 11) is 0. The molecule has 7 atom stereocenters. The molecule has 3 aliphatic heterocycles. The van der Waals surface area contributed by atoms with Gasteiger partial charge in [0, 0.05) is 18.4 Å². The molecular formula is C22H32O6. The summed E-state index contributed by atoms with van der Waals surface area (Å²) in [5.41, 5.74) is 0.661. The Morgan fingerprint density at radius 1 is 1.32 bits per heavy atom. The summed E-state index contributed by atoms with van der Waals surface area (Å²) in [6.07, 6.45) is 2.27. The van der Waals surface area contributed by atoms with Gasteiger partial charge in [0.2, 0.25) is 0 Å². The predicted octanol–water partition coefficient (Wildman–Crippen LogP) is 3.08. The van der Waals surface area contributed by atoms with Crippen LogP contribution in [0.25, 0.3) is 0 Å². The molecule has 0 aliphatic carbocycles. The number of fused-ring (bicyclic) bond motifs is 3. The molecule has 3 aliphatic rings. The van der Waals surface area contributed by atoms with Crippen molar-refractivity contribution in [1.82, 2.24) is 0 Å². The lowest BCUT2D eigenvalue weighted by molar-refractivity contribution is -0.166. The molecule has 0 saturated carbocycles. The van der Waals surface area contributed by atoms with Gasteiger partial charge in [0.05, 0.1) is 17.8 Å². The van der Waals surface area contributed by atoms with E-state index < -0.39 is 41.8 Å². The Morgan fingerprint density at radius 2 is 2.04 bits per heavy atom. The second-order valence-corrected chi connectivity index (χ2v) is 8.81. The quantitative estimate of drug-likeness (QED) is 0.420. The van der Waals surface area contributed by atoms with Crippen molar-refractivity contribution in [2.45, 2.75) is 89.3 Å². The number of aliphatic hydroxyl groups is 1. The fourth-order valence-electron chi connectivity index (χ4n) is 4.76. The summed E-state index contributed by atoms with van der Waals surface area (Å²) in [6.45, 7) is 13.4. The lowest BCUT2D eigenvalue weighted by Gasteiger charge is -2.35. The molecule has 0 radical (unpaired) electrons. The Bertz CT molecular complexity index is 670. The molecule has 0 aromatic rings. The van der Waals surface area contributed by atoms with Crippen molar-refractivity contribution in [3.8, 4) is 0 Å². The van der Waals surface area contributed by atoms with E-state index in [-0.39, 0.29) is 18.4 Å². The third-order valence-electron chi connectivity index (χ3n) is 6.65. The Kier molecular flexibility index (Phi) is 6.01. The Hall–Kier alpha value is -1.66. The molecule has 3 rings (SSSR count). The summed E-state index contributed by atoms with van der Waals surface area (Å²) in [5, 5.41) is 11.0. The molecule has 0 aromatic carbocycles. The molecular weight excluding hydrogens is 360 g/mol. The van der Waals surface area contributed by atoms with E-state index in [0.29, 0.717) is 5.57 Å². The highest BCUT2D eigenvalue weighted by atomic mass is 16.6. The largest absolute Gasteiger partial charge is 0.458 e. The number of ether oxygens (including phenoxy) is 3. The average Bonchev–Trinajstić information content (AvgIpc) is 3.15. The lowest BCUT2D eigenvalue weighted by atomic mass is 9.79. The van der Waals surface area contributed by atoms with Gasteiger partial charge in [-0.1, -0.05) is 20.1 Å². The topological polar surface area (TPSA) is 82.1 Å². The van der Waals surface area contributed by atoms with Crippen LogP contribution >= 0.6 is 0 Å². The van der Waals surface area contributed by atoms with Gasteiger partial charge in [0.15, 0.2) is 0 Å². The molecule has 6 nitrogen and oxygen atoms in total. The number of carbonyl (C=O) groups is 2. The summed E-state index contributed by atoms with van der Waals surface area (Å²) in [5.74, 6) is -1.32. The van der Waals surface area contributed by atoms with Gasteiger partial charge in [-0.05, 0) is 56.9 Å².